The highest BCUT2D eigenvalue weighted by atomic mass is 16.3. The highest BCUT2D eigenvalue weighted by molar-refractivity contribution is 5.91. The molecule has 1 atom stereocenters. The molecule has 1 aromatic carbocycles. The second kappa shape index (κ2) is 6.62. The van der Waals surface area contributed by atoms with Crippen LogP contribution in [0, 0.1) is 0 Å². The molecule has 140 valence electrons. The van der Waals surface area contributed by atoms with Gasteiger partial charge in [-0.25, -0.2) is 5.10 Å². The van der Waals surface area contributed by atoms with Crippen LogP contribution in [0.25, 0.3) is 10.8 Å². The quantitative estimate of drug-likeness (QED) is 0.714. The van der Waals surface area contributed by atoms with Crippen LogP contribution in [0.5, 0.6) is 0 Å². The van der Waals surface area contributed by atoms with E-state index in [1.54, 1.807) is 28.6 Å². The fourth-order valence-electron chi connectivity index (χ4n) is 3.84. The molecule has 8 nitrogen and oxygen atoms in total. The molecule has 0 saturated heterocycles. The zero-order chi connectivity index (χ0) is 19.1. The number of rotatable bonds is 3. The summed E-state index contributed by atoms with van der Waals surface area (Å²) in [6, 6.07) is 7.17. The van der Waals surface area contributed by atoms with E-state index in [-0.39, 0.29) is 18.1 Å². The maximum absolute atomic E-state index is 13.1. The molecule has 1 amide bonds. The number of aromatic amines is 1. The zero-order valence-electron chi connectivity index (χ0n) is 15.3. The van der Waals surface area contributed by atoms with Crippen molar-refractivity contribution >= 4 is 16.7 Å². The molecule has 0 bridgehead atoms. The van der Waals surface area contributed by atoms with Crippen molar-refractivity contribution in [2.75, 3.05) is 6.54 Å². The molecule has 1 aliphatic heterocycles. The van der Waals surface area contributed by atoms with Crippen LogP contribution in [0.4, 0.5) is 0 Å². The maximum atomic E-state index is 13.1. The average Bonchev–Trinajstić information content (AvgIpc) is 3.02. The molecule has 4 rings (SSSR count). The minimum Gasteiger partial charge on any atom is -0.390 e. The Morgan fingerprint density at radius 3 is 2.81 bits per heavy atom. The van der Waals surface area contributed by atoms with E-state index in [9.17, 15) is 14.7 Å². The minimum atomic E-state index is -0.498. The number of H-pyrrole nitrogens is 1. The van der Waals surface area contributed by atoms with Gasteiger partial charge in [-0.1, -0.05) is 18.2 Å². The van der Waals surface area contributed by atoms with Crippen LogP contribution in [-0.4, -0.2) is 42.4 Å². The van der Waals surface area contributed by atoms with Gasteiger partial charge in [0.05, 0.1) is 29.3 Å². The molecule has 0 unspecified atom stereocenters. The van der Waals surface area contributed by atoms with Gasteiger partial charge in [0.1, 0.15) is 0 Å². The molecule has 3 heterocycles. The predicted molar refractivity (Wildman–Crippen MR) is 99.0 cm³/mol. The van der Waals surface area contributed by atoms with Crippen molar-refractivity contribution in [1.82, 2.24) is 24.9 Å². The highest BCUT2D eigenvalue weighted by Gasteiger charge is 2.30. The number of hydrogen-bond donors (Lipinski definition) is 2. The molecule has 0 spiro atoms. The van der Waals surface area contributed by atoms with Crippen molar-refractivity contribution in [3.8, 4) is 0 Å². The Labute approximate surface area is 155 Å². The van der Waals surface area contributed by atoms with Crippen LogP contribution in [0.2, 0.25) is 0 Å². The summed E-state index contributed by atoms with van der Waals surface area (Å²) < 4.78 is 1.78. The van der Waals surface area contributed by atoms with E-state index in [4.69, 9.17) is 0 Å². The number of carbonyl (C=O) groups is 1. The first kappa shape index (κ1) is 17.4. The van der Waals surface area contributed by atoms with Crippen LogP contribution in [0.15, 0.2) is 29.1 Å². The van der Waals surface area contributed by atoms with E-state index >= 15 is 0 Å². The number of aryl methyl sites for hydroxylation is 1. The number of aromatic nitrogens is 4. The summed E-state index contributed by atoms with van der Waals surface area (Å²) >= 11 is 0. The van der Waals surface area contributed by atoms with Crippen molar-refractivity contribution in [2.24, 2.45) is 7.05 Å². The zero-order valence-corrected chi connectivity index (χ0v) is 15.3. The minimum absolute atomic E-state index is 0.0573. The maximum Gasteiger partial charge on any atom is 0.272 e. The summed E-state index contributed by atoms with van der Waals surface area (Å²) in [4.78, 5) is 26.9. The Morgan fingerprint density at radius 2 is 2.07 bits per heavy atom. The molecule has 2 N–H and O–H groups in total. The van der Waals surface area contributed by atoms with E-state index in [0.29, 0.717) is 41.7 Å². The molecule has 2 aromatic heterocycles. The van der Waals surface area contributed by atoms with E-state index < -0.39 is 5.92 Å². The van der Waals surface area contributed by atoms with Gasteiger partial charge in [-0.05, 0) is 13.0 Å². The highest BCUT2D eigenvalue weighted by Crippen LogP contribution is 2.27. The number of nitrogens with zero attached hydrogens (tertiary/aromatic N) is 4. The Morgan fingerprint density at radius 1 is 1.33 bits per heavy atom. The predicted octanol–water partition coefficient (Wildman–Crippen LogP) is 0.837. The molecule has 27 heavy (non-hydrogen) atoms. The normalized spacial score (nSPS) is 15.0. The van der Waals surface area contributed by atoms with Crippen molar-refractivity contribution < 1.29 is 9.90 Å². The molecule has 0 aliphatic carbocycles. The van der Waals surface area contributed by atoms with Gasteiger partial charge in [0, 0.05) is 43.2 Å². The first-order valence-corrected chi connectivity index (χ1v) is 8.91. The SMILES string of the molecule is C[C@H](C(=O)N1CCc2c(c(CO)nn2C)C1)c1n[nH]c(=O)c2ccccc12. The number of aliphatic hydroxyl groups is 1. The fraction of sp³-hybridized carbons (Fsp3) is 0.368. The molecular weight excluding hydrogens is 346 g/mol. The van der Waals surface area contributed by atoms with Gasteiger partial charge in [-0.2, -0.15) is 10.2 Å². The Balaban J connectivity index is 1.66. The second-order valence-corrected chi connectivity index (χ2v) is 6.87. The van der Waals surface area contributed by atoms with Gasteiger partial charge in [0.25, 0.3) is 5.56 Å². The molecule has 3 aromatic rings. The van der Waals surface area contributed by atoms with Crippen molar-refractivity contribution in [3.63, 3.8) is 0 Å². The summed E-state index contributed by atoms with van der Waals surface area (Å²) in [6.45, 7) is 2.67. The van der Waals surface area contributed by atoms with Crippen LogP contribution in [0.3, 0.4) is 0 Å². The van der Waals surface area contributed by atoms with E-state index in [1.165, 1.54) is 0 Å². The standard InChI is InChI=1S/C19H21N5O3/c1-11(17-12-5-3-4-6-13(12)18(26)21-20-17)19(27)24-8-7-16-14(9-24)15(10-25)22-23(16)2/h3-6,11,25H,7-10H2,1-2H3,(H,21,26)/t11-/m0/s1. The Kier molecular flexibility index (Phi) is 4.27. The smallest absolute Gasteiger partial charge is 0.272 e. The van der Waals surface area contributed by atoms with Gasteiger partial charge >= 0.3 is 0 Å². The Hall–Kier alpha value is -3.00. The number of benzene rings is 1. The molecule has 0 saturated carbocycles. The van der Waals surface area contributed by atoms with Crippen LogP contribution in [-0.2, 0) is 31.4 Å². The largest absolute Gasteiger partial charge is 0.390 e. The van der Waals surface area contributed by atoms with Crippen LogP contribution < -0.4 is 5.56 Å². The molecule has 0 radical (unpaired) electrons. The van der Waals surface area contributed by atoms with Crippen molar-refractivity contribution in [3.05, 3.63) is 57.3 Å². The summed E-state index contributed by atoms with van der Waals surface area (Å²) in [5, 5.41) is 21.8. The number of carbonyl (C=O) groups excluding carboxylic acids is 1. The van der Waals surface area contributed by atoms with Crippen LogP contribution in [0.1, 0.15) is 35.5 Å². The number of aliphatic hydroxyl groups excluding tert-OH is 1. The second-order valence-electron chi connectivity index (χ2n) is 6.87. The van der Waals surface area contributed by atoms with E-state index in [0.717, 1.165) is 11.3 Å². The topological polar surface area (TPSA) is 104 Å². The Bertz CT molecular complexity index is 1080. The molecule has 1 aliphatic rings. The summed E-state index contributed by atoms with van der Waals surface area (Å²) in [5.74, 6) is -0.555. The molecule has 0 fully saturated rings. The summed E-state index contributed by atoms with van der Waals surface area (Å²) in [6.07, 6.45) is 0.692. The lowest BCUT2D eigenvalue weighted by Crippen LogP contribution is -2.39. The lowest BCUT2D eigenvalue weighted by atomic mass is 9.98. The number of amides is 1. The number of nitrogens with one attached hydrogen (secondary N) is 1. The van der Waals surface area contributed by atoms with Gasteiger partial charge < -0.3 is 10.0 Å². The third-order valence-electron chi connectivity index (χ3n) is 5.29. The lowest BCUT2D eigenvalue weighted by Gasteiger charge is -2.30. The first-order chi connectivity index (χ1) is 13.0. The lowest BCUT2D eigenvalue weighted by molar-refractivity contribution is -0.133. The van der Waals surface area contributed by atoms with Gasteiger partial charge in [0.2, 0.25) is 5.91 Å². The van der Waals surface area contributed by atoms with Crippen molar-refractivity contribution in [1.29, 1.82) is 0 Å². The molecular formula is C19H21N5O3. The number of fused-ring (bicyclic) bond motifs is 2. The van der Waals surface area contributed by atoms with Crippen molar-refractivity contribution in [2.45, 2.75) is 32.4 Å². The van der Waals surface area contributed by atoms with E-state index in [2.05, 4.69) is 15.3 Å². The summed E-state index contributed by atoms with van der Waals surface area (Å²) in [7, 11) is 1.86. The third kappa shape index (κ3) is 2.82. The number of hydrogen-bond acceptors (Lipinski definition) is 5. The van der Waals surface area contributed by atoms with Gasteiger partial charge in [-0.3, -0.25) is 14.3 Å². The monoisotopic (exact) mass is 367 g/mol. The van der Waals surface area contributed by atoms with E-state index in [1.807, 2.05) is 19.2 Å². The third-order valence-corrected chi connectivity index (χ3v) is 5.29. The van der Waals surface area contributed by atoms with Crippen LogP contribution >= 0.6 is 0 Å². The fourth-order valence-corrected chi connectivity index (χ4v) is 3.84. The first-order valence-electron chi connectivity index (χ1n) is 8.91. The average molecular weight is 367 g/mol. The summed E-state index contributed by atoms with van der Waals surface area (Å²) in [5.41, 5.74) is 2.90. The van der Waals surface area contributed by atoms with Gasteiger partial charge in [0.15, 0.2) is 0 Å². The van der Waals surface area contributed by atoms with Gasteiger partial charge in [-0.15, -0.1) is 0 Å². The molecule has 8 heteroatoms.